The lowest BCUT2D eigenvalue weighted by Crippen LogP contribution is -2.48. The van der Waals surface area contributed by atoms with Gasteiger partial charge in [-0.15, -0.1) is 0 Å². The van der Waals surface area contributed by atoms with Gasteiger partial charge in [-0.2, -0.15) is 0 Å². The second-order valence-electron chi connectivity index (χ2n) is 7.34. The zero-order valence-electron chi connectivity index (χ0n) is 15.4. The molecule has 1 unspecified atom stereocenters. The number of anilines is 1. The minimum atomic E-state index is -0.298. The summed E-state index contributed by atoms with van der Waals surface area (Å²) in [7, 11) is 0. The van der Waals surface area contributed by atoms with Gasteiger partial charge in [0.05, 0.1) is 12.5 Å². The van der Waals surface area contributed by atoms with Crippen molar-refractivity contribution in [2.24, 2.45) is 5.92 Å². The molecule has 3 heterocycles. The molecule has 1 N–H and O–H groups in total. The van der Waals surface area contributed by atoms with Gasteiger partial charge in [0.2, 0.25) is 11.8 Å². The lowest BCUT2D eigenvalue weighted by Gasteiger charge is -2.35. The molecule has 1 atom stereocenters. The normalized spacial score (nSPS) is 21.8. The van der Waals surface area contributed by atoms with E-state index in [1.807, 2.05) is 26.0 Å². The molecule has 2 fully saturated rings. The number of hydrogen-bond donors (Lipinski definition) is 1. The molecule has 3 rings (SSSR count). The number of piperidine rings is 1. The molecule has 7 nitrogen and oxygen atoms in total. The van der Waals surface area contributed by atoms with Gasteiger partial charge in [0.1, 0.15) is 11.6 Å². The molecule has 2 amide bonds. The van der Waals surface area contributed by atoms with Crippen molar-refractivity contribution < 1.29 is 14.4 Å². The van der Waals surface area contributed by atoms with Gasteiger partial charge in [-0.3, -0.25) is 24.6 Å². The van der Waals surface area contributed by atoms with E-state index in [2.05, 4.69) is 20.1 Å². The summed E-state index contributed by atoms with van der Waals surface area (Å²) in [6.45, 7) is 7.74. The zero-order chi connectivity index (χ0) is 18.7. The lowest BCUT2D eigenvalue weighted by molar-refractivity contribution is -0.134. The summed E-state index contributed by atoms with van der Waals surface area (Å²) in [5.74, 6) is 0.507. The average Bonchev–Trinajstić information content (AvgIpc) is 2.62. The summed E-state index contributed by atoms with van der Waals surface area (Å²) in [4.78, 5) is 44.0. The van der Waals surface area contributed by atoms with Gasteiger partial charge in [0.25, 0.3) is 0 Å². The van der Waals surface area contributed by atoms with Gasteiger partial charge in [0.15, 0.2) is 0 Å². The lowest BCUT2D eigenvalue weighted by atomic mass is 9.92. The van der Waals surface area contributed by atoms with E-state index < -0.39 is 0 Å². The summed E-state index contributed by atoms with van der Waals surface area (Å²) in [6, 6.07) is 3.87. The highest BCUT2D eigenvalue weighted by Gasteiger charge is 2.28. The predicted molar refractivity (Wildman–Crippen MR) is 97.9 cm³/mol. The monoisotopic (exact) mass is 358 g/mol. The maximum absolute atomic E-state index is 12.0. The molecule has 0 aromatic carbocycles. The Bertz CT molecular complexity index is 679. The van der Waals surface area contributed by atoms with Crippen molar-refractivity contribution >= 4 is 23.4 Å². The Morgan fingerprint density at radius 1 is 1.23 bits per heavy atom. The number of hydrogen-bond acceptors (Lipinski definition) is 6. The van der Waals surface area contributed by atoms with Crippen molar-refractivity contribution in [3.8, 4) is 0 Å². The Balaban J connectivity index is 1.56. The molecule has 0 bridgehead atoms. The largest absolute Gasteiger partial charge is 0.354 e. The Labute approximate surface area is 153 Å². The number of carbonyl (C=O) groups excluding carboxylic acids is 3. The van der Waals surface area contributed by atoms with Gasteiger partial charge >= 0.3 is 0 Å². The molecule has 7 heteroatoms. The predicted octanol–water partition coefficient (Wildman–Crippen LogP) is 0.949. The highest BCUT2D eigenvalue weighted by Crippen LogP contribution is 2.25. The summed E-state index contributed by atoms with van der Waals surface area (Å²) in [6.07, 6.45) is 2.65. The van der Waals surface area contributed by atoms with Crippen LogP contribution in [0, 0.1) is 5.92 Å². The molecule has 140 valence electrons. The second-order valence-corrected chi connectivity index (χ2v) is 7.34. The van der Waals surface area contributed by atoms with Crippen LogP contribution in [-0.2, 0) is 14.4 Å². The fourth-order valence-electron chi connectivity index (χ4n) is 3.34. The van der Waals surface area contributed by atoms with Crippen LogP contribution in [0.15, 0.2) is 18.3 Å². The number of pyridine rings is 1. The van der Waals surface area contributed by atoms with E-state index in [1.54, 1.807) is 6.20 Å². The number of carbonyl (C=O) groups is 3. The van der Waals surface area contributed by atoms with Gasteiger partial charge in [0, 0.05) is 44.7 Å². The number of piperazine rings is 1. The molecule has 0 spiro atoms. The molecule has 0 aliphatic carbocycles. The summed E-state index contributed by atoms with van der Waals surface area (Å²) in [5.41, 5.74) is 0.847. The van der Waals surface area contributed by atoms with Crippen molar-refractivity contribution in [2.75, 3.05) is 37.6 Å². The number of rotatable bonds is 5. The third-order valence-corrected chi connectivity index (χ3v) is 5.13. The SMILES string of the molecule is CC(C)C(=O)CN1CCN(c2ccc(C3CCC(=O)NC3=O)cn2)CC1. The summed E-state index contributed by atoms with van der Waals surface area (Å²) in [5, 5.41) is 2.38. The zero-order valence-corrected chi connectivity index (χ0v) is 15.4. The van der Waals surface area contributed by atoms with Crippen molar-refractivity contribution in [3.05, 3.63) is 23.9 Å². The Kier molecular flexibility index (Phi) is 5.66. The Morgan fingerprint density at radius 3 is 2.54 bits per heavy atom. The fourth-order valence-corrected chi connectivity index (χ4v) is 3.34. The van der Waals surface area contributed by atoms with Gasteiger partial charge in [-0.25, -0.2) is 4.98 Å². The highest BCUT2D eigenvalue weighted by molar-refractivity contribution is 6.00. The number of imide groups is 1. The van der Waals surface area contributed by atoms with Crippen LogP contribution in [0.4, 0.5) is 5.82 Å². The van der Waals surface area contributed by atoms with Crippen LogP contribution in [0.25, 0.3) is 0 Å². The molecule has 1 aromatic rings. The van der Waals surface area contributed by atoms with Crippen molar-refractivity contribution in [2.45, 2.75) is 32.6 Å². The van der Waals surface area contributed by atoms with Crippen LogP contribution in [0.3, 0.4) is 0 Å². The van der Waals surface area contributed by atoms with E-state index in [4.69, 9.17) is 0 Å². The number of nitrogens with zero attached hydrogens (tertiary/aromatic N) is 3. The van der Waals surface area contributed by atoms with Crippen LogP contribution in [0.5, 0.6) is 0 Å². The second kappa shape index (κ2) is 7.95. The van der Waals surface area contributed by atoms with Gasteiger partial charge in [-0.1, -0.05) is 19.9 Å². The number of amides is 2. The first-order chi connectivity index (χ1) is 12.4. The van der Waals surface area contributed by atoms with Crippen LogP contribution < -0.4 is 10.2 Å². The van der Waals surface area contributed by atoms with Crippen LogP contribution in [-0.4, -0.2) is 60.2 Å². The van der Waals surface area contributed by atoms with E-state index in [0.717, 1.165) is 37.6 Å². The van der Waals surface area contributed by atoms with Gasteiger partial charge in [-0.05, 0) is 18.1 Å². The highest BCUT2D eigenvalue weighted by atomic mass is 16.2. The molecule has 0 saturated carbocycles. The first-order valence-electron chi connectivity index (χ1n) is 9.23. The molecule has 0 radical (unpaired) electrons. The summed E-state index contributed by atoms with van der Waals surface area (Å²) >= 11 is 0. The third-order valence-electron chi connectivity index (χ3n) is 5.13. The first kappa shape index (κ1) is 18.5. The van der Waals surface area contributed by atoms with E-state index >= 15 is 0 Å². The number of Topliss-reactive ketones (excluding diaryl/α,β-unsaturated/α-hetero) is 1. The molecule has 26 heavy (non-hydrogen) atoms. The van der Waals surface area contributed by atoms with E-state index in [1.165, 1.54) is 0 Å². The van der Waals surface area contributed by atoms with Crippen LogP contribution >= 0.6 is 0 Å². The van der Waals surface area contributed by atoms with E-state index in [-0.39, 0.29) is 29.4 Å². The van der Waals surface area contributed by atoms with Crippen molar-refractivity contribution in [1.82, 2.24) is 15.2 Å². The number of nitrogens with one attached hydrogen (secondary N) is 1. The molecular formula is C19H26N4O3. The molecule has 2 saturated heterocycles. The molecule has 2 aliphatic rings. The average molecular weight is 358 g/mol. The topological polar surface area (TPSA) is 82.6 Å². The fraction of sp³-hybridized carbons (Fsp3) is 0.579. The quantitative estimate of drug-likeness (QED) is 0.789. The number of ketones is 1. The molecule has 2 aliphatic heterocycles. The van der Waals surface area contributed by atoms with E-state index in [0.29, 0.717) is 19.4 Å². The standard InChI is InChI=1S/C19H26N4O3/c1-13(2)16(24)12-22-7-9-23(10-8-22)17-5-3-14(11-20-17)15-4-6-18(25)21-19(15)26/h3,5,11,13,15H,4,6-10,12H2,1-2H3,(H,21,25,26). The minimum absolute atomic E-state index is 0.0783. The van der Waals surface area contributed by atoms with Crippen molar-refractivity contribution in [3.63, 3.8) is 0 Å². The van der Waals surface area contributed by atoms with Crippen molar-refractivity contribution in [1.29, 1.82) is 0 Å². The minimum Gasteiger partial charge on any atom is -0.354 e. The smallest absolute Gasteiger partial charge is 0.234 e. The first-order valence-corrected chi connectivity index (χ1v) is 9.23. The maximum atomic E-state index is 12.0. The van der Waals surface area contributed by atoms with Crippen LogP contribution in [0.2, 0.25) is 0 Å². The molecular weight excluding hydrogens is 332 g/mol. The molecule has 1 aromatic heterocycles. The number of aromatic nitrogens is 1. The Hall–Kier alpha value is -2.28. The van der Waals surface area contributed by atoms with Crippen LogP contribution in [0.1, 0.15) is 38.2 Å². The maximum Gasteiger partial charge on any atom is 0.234 e. The Morgan fingerprint density at radius 2 is 1.96 bits per heavy atom. The van der Waals surface area contributed by atoms with Gasteiger partial charge < -0.3 is 4.90 Å². The van der Waals surface area contributed by atoms with E-state index in [9.17, 15) is 14.4 Å². The summed E-state index contributed by atoms with van der Waals surface area (Å²) < 4.78 is 0. The third kappa shape index (κ3) is 4.27.